The Morgan fingerprint density at radius 2 is 1.00 bits per heavy atom. The average Bonchev–Trinajstić information content (AvgIpc) is 3.26. The third kappa shape index (κ3) is 3.46. The summed E-state index contributed by atoms with van der Waals surface area (Å²) in [5.74, 6) is 0. The summed E-state index contributed by atoms with van der Waals surface area (Å²) in [6, 6.07) is 20.3. The van der Waals surface area contributed by atoms with Crippen molar-refractivity contribution in [3.8, 4) is 34.4 Å². The molecule has 0 fully saturated rings. The maximum Gasteiger partial charge on any atom is 0.114 e. The van der Waals surface area contributed by atoms with E-state index in [4.69, 9.17) is 0 Å². The van der Waals surface area contributed by atoms with Crippen LogP contribution in [-0.4, -0.2) is 36.9 Å². The Labute approximate surface area is 185 Å². The highest BCUT2D eigenvalue weighted by molar-refractivity contribution is 7.00. The second kappa shape index (κ2) is 8.06. The molecule has 3 aromatic carbocycles. The SMILES string of the molecule is CN(C)c1ccc(-c2c(C#N)c(C#N)c(-c3ccc(N(C)C)cc3)c3nsnc23)cc1. The van der Waals surface area contributed by atoms with Gasteiger partial charge in [0.1, 0.15) is 23.2 Å². The number of nitriles is 2. The predicted molar refractivity (Wildman–Crippen MR) is 126 cm³/mol. The third-order valence-corrected chi connectivity index (χ3v) is 5.81. The standard InChI is InChI=1S/C24H20N6S/c1-29(2)17-9-5-15(6-10-17)21-19(13-25)20(14-26)22(24-23(21)27-31-28-24)16-7-11-18(12-8-16)30(3)4/h5-12H,1-4H3. The van der Waals surface area contributed by atoms with Crippen LogP contribution in [0.25, 0.3) is 33.3 Å². The maximum atomic E-state index is 10.1. The highest BCUT2D eigenvalue weighted by Gasteiger charge is 2.24. The fourth-order valence-corrected chi connectivity index (χ4v) is 4.20. The fraction of sp³-hybridized carbons (Fsp3) is 0.167. The molecule has 0 bridgehead atoms. The predicted octanol–water partition coefficient (Wildman–Crippen LogP) is 4.90. The zero-order chi connectivity index (χ0) is 22.1. The topological polar surface area (TPSA) is 79.8 Å². The molecule has 0 aliphatic heterocycles. The van der Waals surface area contributed by atoms with Gasteiger partial charge in [-0.2, -0.15) is 19.3 Å². The molecule has 1 aromatic heterocycles. The second-order valence-electron chi connectivity index (χ2n) is 7.57. The first kappa shape index (κ1) is 20.3. The summed E-state index contributed by atoms with van der Waals surface area (Å²) in [7, 11) is 7.90. The highest BCUT2D eigenvalue weighted by Crippen LogP contribution is 2.41. The molecule has 0 amide bonds. The Hall–Kier alpha value is -3.94. The van der Waals surface area contributed by atoms with Gasteiger partial charge >= 0.3 is 0 Å². The van der Waals surface area contributed by atoms with Crippen LogP contribution >= 0.6 is 11.7 Å². The van der Waals surface area contributed by atoms with Gasteiger partial charge in [-0.1, -0.05) is 24.3 Å². The van der Waals surface area contributed by atoms with Crippen LogP contribution < -0.4 is 9.80 Å². The molecule has 1 heterocycles. The lowest BCUT2D eigenvalue weighted by Gasteiger charge is -2.16. The molecule has 152 valence electrons. The summed E-state index contributed by atoms with van der Waals surface area (Å²) in [6.45, 7) is 0. The Morgan fingerprint density at radius 1 is 0.645 bits per heavy atom. The van der Waals surface area contributed by atoms with Crippen molar-refractivity contribution in [1.29, 1.82) is 10.5 Å². The number of benzene rings is 3. The molecule has 0 saturated heterocycles. The van der Waals surface area contributed by atoms with Gasteiger partial charge in [-0.15, -0.1) is 0 Å². The van der Waals surface area contributed by atoms with Crippen molar-refractivity contribution in [1.82, 2.24) is 8.75 Å². The monoisotopic (exact) mass is 424 g/mol. The van der Waals surface area contributed by atoms with Crippen molar-refractivity contribution in [3.63, 3.8) is 0 Å². The summed E-state index contributed by atoms with van der Waals surface area (Å²) in [5.41, 5.74) is 7.02. The van der Waals surface area contributed by atoms with Crippen molar-refractivity contribution in [2.75, 3.05) is 38.0 Å². The van der Waals surface area contributed by atoms with Crippen molar-refractivity contribution in [2.45, 2.75) is 0 Å². The van der Waals surface area contributed by atoms with Gasteiger partial charge in [0.25, 0.3) is 0 Å². The first-order valence-corrected chi connectivity index (χ1v) is 10.4. The zero-order valence-electron chi connectivity index (χ0n) is 17.7. The average molecular weight is 425 g/mol. The van der Waals surface area contributed by atoms with Gasteiger partial charge in [-0.25, -0.2) is 0 Å². The van der Waals surface area contributed by atoms with E-state index in [1.165, 1.54) is 0 Å². The number of hydrogen-bond acceptors (Lipinski definition) is 7. The third-order valence-electron chi connectivity index (χ3n) is 5.28. The van der Waals surface area contributed by atoms with Crippen LogP contribution in [0.1, 0.15) is 11.1 Å². The van der Waals surface area contributed by atoms with Crippen molar-refractivity contribution >= 4 is 34.1 Å². The molecule has 0 saturated carbocycles. The smallest absolute Gasteiger partial charge is 0.114 e. The minimum atomic E-state index is 0.326. The molecule has 0 N–H and O–H groups in total. The first-order chi connectivity index (χ1) is 15.0. The molecule has 0 aliphatic carbocycles. The lowest BCUT2D eigenvalue weighted by molar-refractivity contribution is 1.13. The number of aromatic nitrogens is 2. The molecule has 4 rings (SSSR count). The quantitative estimate of drug-likeness (QED) is 0.463. The molecular weight excluding hydrogens is 404 g/mol. The fourth-order valence-electron chi connectivity index (χ4n) is 3.64. The number of hydrogen-bond donors (Lipinski definition) is 0. The number of fused-ring (bicyclic) bond motifs is 1. The van der Waals surface area contributed by atoms with Crippen LogP contribution in [0.5, 0.6) is 0 Å². The Balaban J connectivity index is 2.01. The summed E-state index contributed by atoms with van der Waals surface area (Å²) < 4.78 is 9.04. The Bertz CT molecular complexity index is 1230. The van der Waals surface area contributed by atoms with Crippen LogP contribution in [0.15, 0.2) is 48.5 Å². The number of rotatable bonds is 4. The van der Waals surface area contributed by atoms with E-state index in [9.17, 15) is 10.5 Å². The Kier molecular flexibility index (Phi) is 5.29. The summed E-state index contributed by atoms with van der Waals surface area (Å²) in [6.07, 6.45) is 0. The van der Waals surface area contributed by atoms with E-state index in [2.05, 4.69) is 20.9 Å². The molecule has 4 aromatic rings. The van der Waals surface area contributed by atoms with Crippen molar-refractivity contribution in [3.05, 3.63) is 59.7 Å². The van der Waals surface area contributed by atoms with E-state index in [0.29, 0.717) is 33.3 Å². The first-order valence-electron chi connectivity index (χ1n) is 9.64. The van der Waals surface area contributed by atoms with Crippen LogP contribution in [0.2, 0.25) is 0 Å². The van der Waals surface area contributed by atoms with E-state index in [-0.39, 0.29) is 0 Å². The minimum absolute atomic E-state index is 0.326. The summed E-state index contributed by atoms with van der Waals surface area (Å²) in [5, 5.41) is 20.1. The Morgan fingerprint density at radius 3 is 1.29 bits per heavy atom. The van der Waals surface area contributed by atoms with Crippen LogP contribution in [-0.2, 0) is 0 Å². The van der Waals surface area contributed by atoms with E-state index in [1.807, 2.05) is 86.5 Å². The van der Waals surface area contributed by atoms with E-state index in [0.717, 1.165) is 34.2 Å². The molecule has 0 unspecified atom stereocenters. The molecule has 0 atom stereocenters. The van der Waals surface area contributed by atoms with E-state index >= 15 is 0 Å². The highest BCUT2D eigenvalue weighted by atomic mass is 32.1. The molecule has 0 radical (unpaired) electrons. The van der Waals surface area contributed by atoms with Gasteiger partial charge < -0.3 is 9.80 Å². The van der Waals surface area contributed by atoms with Gasteiger partial charge in [0.2, 0.25) is 0 Å². The van der Waals surface area contributed by atoms with Crippen molar-refractivity contribution in [2.24, 2.45) is 0 Å². The molecule has 31 heavy (non-hydrogen) atoms. The molecule has 0 spiro atoms. The summed E-state index contributed by atoms with van der Waals surface area (Å²) in [4.78, 5) is 4.02. The van der Waals surface area contributed by atoms with Crippen LogP contribution in [0.4, 0.5) is 11.4 Å². The van der Waals surface area contributed by atoms with Gasteiger partial charge in [-0.05, 0) is 35.4 Å². The van der Waals surface area contributed by atoms with E-state index in [1.54, 1.807) is 0 Å². The van der Waals surface area contributed by atoms with Crippen LogP contribution in [0, 0.1) is 22.7 Å². The lowest BCUT2D eigenvalue weighted by atomic mass is 9.88. The zero-order valence-corrected chi connectivity index (χ0v) is 18.5. The molecular formula is C24H20N6S. The van der Waals surface area contributed by atoms with Crippen LogP contribution in [0.3, 0.4) is 0 Å². The minimum Gasteiger partial charge on any atom is -0.378 e. The van der Waals surface area contributed by atoms with Gasteiger partial charge in [-0.3, -0.25) is 0 Å². The normalized spacial score (nSPS) is 10.5. The molecule has 7 heteroatoms. The van der Waals surface area contributed by atoms with Gasteiger partial charge in [0.15, 0.2) is 0 Å². The van der Waals surface area contributed by atoms with E-state index < -0.39 is 0 Å². The number of nitrogens with zero attached hydrogens (tertiary/aromatic N) is 6. The molecule has 0 aliphatic rings. The maximum absolute atomic E-state index is 10.1. The lowest BCUT2D eigenvalue weighted by Crippen LogP contribution is -2.08. The molecule has 6 nitrogen and oxygen atoms in total. The largest absolute Gasteiger partial charge is 0.378 e. The van der Waals surface area contributed by atoms with Crippen molar-refractivity contribution < 1.29 is 0 Å². The number of anilines is 2. The summed E-state index contributed by atoms with van der Waals surface area (Å²) >= 11 is 1.09. The van der Waals surface area contributed by atoms with Gasteiger partial charge in [0.05, 0.1) is 22.9 Å². The van der Waals surface area contributed by atoms with Gasteiger partial charge in [0, 0.05) is 50.7 Å². The second-order valence-corrected chi connectivity index (χ2v) is 8.10.